The second-order valence-corrected chi connectivity index (χ2v) is 5.05. The topological polar surface area (TPSA) is 52.3 Å². The molecule has 0 aliphatic heterocycles. The van der Waals surface area contributed by atoms with Crippen LogP contribution in [0.25, 0.3) is 11.1 Å². The minimum atomic E-state index is -0.381. The molecule has 3 rings (SSSR count). The monoisotopic (exact) mass is 281 g/mol. The lowest BCUT2D eigenvalue weighted by Gasteiger charge is -2.06. The molecule has 4 nitrogen and oxygen atoms in total. The molecule has 1 heterocycles. The maximum absolute atomic E-state index is 12.2. The molecule has 1 aromatic heterocycles. The van der Waals surface area contributed by atoms with E-state index in [0.29, 0.717) is 22.8 Å². The first-order valence-electron chi connectivity index (χ1n) is 6.69. The smallest absolute Gasteiger partial charge is 0.343 e. The van der Waals surface area contributed by atoms with Crippen LogP contribution in [-0.2, 0) is 0 Å². The number of nitrogens with zero attached hydrogens (tertiary/aromatic N) is 1. The Kier molecular flexibility index (Phi) is 3.22. The third-order valence-corrected chi connectivity index (χ3v) is 3.42. The summed E-state index contributed by atoms with van der Waals surface area (Å²) in [5.41, 5.74) is 4.10. The zero-order valence-corrected chi connectivity index (χ0v) is 12.1. The second kappa shape index (κ2) is 5.05. The summed E-state index contributed by atoms with van der Waals surface area (Å²) >= 11 is 0. The van der Waals surface area contributed by atoms with Crippen molar-refractivity contribution in [2.24, 2.45) is 0 Å². The molecule has 0 spiro atoms. The van der Waals surface area contributed by atoms with Gasteiger partial charge >= 0.3 is 5.97 Å². The third-order valence-electron chi connectivity index (χ3n) is 3.42. The van der Waals surface area contributed by atoms with E-state index in [1.165, 1.54) is 0 Å². The van der Waals surface area contributed by atoms with E-state index in [9.17, 15) is 4.79 Å². The Balaban J connectivity index is 1.86. The van der Waals surface area contributed by atoms with E-state index in [-0.39, 0.29) is 5.97 Å². The number of fused-ring (bicyclic) bond motifs is 1. The highest BCUT2D eigenvalue weighted by Crippen LogP contribution is 2.22. The molecule has 21 heavy (non-hydrogen) atoms. The summed E-state index contributed by atoms with van der Waals surface area (Å²) in [4.78, 5) is 16.4. The fourth-order valence-electron chi connectivity index (χ4n) is 2.12. The standard InChI is InChI=1S/C17H15NO3/c1-10-4-5-13(8-11(10)2)17(19)21-14-6-7-15-16(9-14)20-12(3)18-15/h4-9H,1-3H3. The summed E-state index contributed by atoms with van der Waals surface area (Å²) in [6.07, 6.45) is 0. The minimum absolute atomic E-state index is 0.381. The molecule has 0 amide bonds. The lowest BCUT2D eigenvalue weighted by atomic mass is 10.1. The first kappa shape index (κ1) is 13.4. The van der Waals surface area contributed by atoms with Gasteiger partial charge in [0.15, 0.2) is 11.5 Å². The van der Waals surface area contributed by atoms with Crippen LogP contribution in [0.1, 0.15) is 27.4 Å². The maximum Gasteiger partial charge on any atom is 0.343 e. The van der Waals surface area contributed by atoms with E-state index < -0.39 is 0 Å². The molecule has 0 saturated heterocycles. The Bertz CT molecular complexity index is 833. The zero-order chi connectivity index (χ0) is 15.0. The summed E-state index contributed by atoms with van der Waals surface area (Å²) in [5, 5.41) is 0. The number of aryl methyl sites for hydroxylation is 3. The van der Waals surface area contributed by atoms with Crippen LogP contribution in [-0.4, -0.2) is 11.0 Å². The van der Waals surface area contributed by atoms with Crippen LogP contribution in [0.5, 0.6) is 5.75 Å². The van der Waals surface area contributed by atoms with Gasteiger partial charge in [0.1, 0.15) is 11.3 Å². The number of ether oxygens (including phenoxy) is 1. The van der Waals surface area contributed by atoms with Crippen molar-refractivity contribution >= 4 is 17.1 Å². The number of aromatic nitrogens is 1. The molecule has 106 valence electrons. The molecule has 4 heteroatoms. The van der Waals surface area contributed by atoms with Gasteiger partial charge in [-0.05, 0) is 49.2 Å². The average Bonchev–Trinajstić information content (AvgIpc) is 2.81. The van der Waals surface area contributed by atoms with Gasteiger partial charge in [-0.25, -0.2) is 9.78 Å². The quantitative estimate of drug-likeness (QED) is 0.527. The van der Waals surface area contributed by atoms with Crippen molar-refractivity contribution in [2.75, 3.05) is 0 Å². The molecule has 0 atom stereocenters. The van der Waals surface area contributed by atoms with Gasteiger partial charge in [0.05, 0.1) is 5.56 Å². The van der Waals surface area contributed by atoms with Gasteiger partial charge in [0.25, 0.3) is 0 Å². The van der Waals surface area contributed by atoms with Gasteiger partial charge in [-0.15, -0.1) is 0 Å². The van der Waals surface area contributed by atoms with Crippen molar-refractivity contribution < 1.29 is 13.9 Å². The molecular formula is C17H15NO3. The van der Waals surface area contributed by atoms with Gasteiger partial charge < -0.3 is 9.15 Å². The molecule has 0 fully saturated rings. The molecule has 0 radical (unpaired) electrons. The van der Waals surface area contributed by atoms with Gasteiger partial charge in [0, 0.05) is 13.0 Å². The van der Waals surface area contributed by atoms with Crippen molar-refractivity contribution in [2.45, 2.75) is 20.8 Å². The van der Waals surface area contributed by atoms with E-state index in [1.807, 2.05) is 26.0 Å². The van der Waals surface area contributed by atoms with Crippen molar-refractivity contribution in [3.8, 4) is 5.75 Å². The average molecular weight is 281 g/mol. The Hall–Kier alpha value is -2.62. The Labute approximate surface area is 122 Å². The van der Waals surface area contributed by atoms with Gasteiger partial charge in [-0.2, -0.15) is 0 Å². The molecule has 0 aliphatic rings. The Morgan fingerprint density at radius 1 is 1.05 bits per heavy atom. The van der Waals surface area contributed by atoms with Crippen LogP contribution in [0.15, 0.2) is 40.8 Å². The predicted octanol–water partition coefficient (Wildman–Crippen LogP) is 3.97. The number of hydrogen-bond donors (Lipinski definition) is 0. The summed E-state index contributed by atoms with van der Waals surface area (Å²) in [6, 6.07) is 10.7. The molecule has 0 unspecified atom stereocenters. The molecule has 3 aromatic rings. The van der Waals surface area contributed by atoms with Crippen LogP contribution in [0.3, 0.4) is 0 Å². The van der Waals surface area contributed by atoms with Crippen molar-refractivity contribution in [3.63, 3.8) is 0 Å². The first-order chi connectivity index (χ1) is 10.0. The number of carbonyl (C=O) groups is 1. The molecule has 0 bridgehead atoms. The summed E-state index contributed by atoms with van der Waals surface area (Å²) in [5.74, 6) is 0.651. The minimum Gasteiger partial charge on any atom is -0.441 e. The Morgan fingerprint density at radius 3 is 2.62 bits per heavy atom. The van der Waals surface area contributed by atoms with Crippen LogP contribution >= 0.6 is 0 Å². The summed E-state index contributed by atoms with van der Waals surface area (Å²) in [7, 11) is 0. The zero-order valence-electron chi connectivity index (χ0n) is 12.1. The molecular weight excluding hydrogens is 266 g/mol. The normalized spacial score (nSPS) is 10.8. The number of oxazole rings is 1. The number of hydrogen-bond acceptors (Lipinski definition) is 4. The second-order valence-electron chi connectivity index (χ2n) is 5.05. The van der Waals surface area contributed by atoms with Crippen molar-refractivity contribution in [3.05, 3.63) is 59.0 Å². The van der Waals surface area contributed by atoms with Gasteiger partial charge in [-0.1, -0.05) is 6.07 Å². The molecule has 0 saturated carbocycles. The van der Waals surface area contributed by atoms with Crippen molar-refractivity contribution in [1.29, 1.82) is 0 Å². The number of esters is 1. The largest absolute Gasteiger partial charge is 0.441 e. The first-order valence-corrected chi connectivity index (χ1v) is 6.69. The lowest BCUT2D eigenvalue weighted by Crippen LogP contribution is -2.08. The van der Waals surface area contributed by atoms with Crippen LogP contribution in [0.4, 0.5) is 0 Å². The van der Waals surface area contributed by atoms with Crippen LogP contribution in [0, 0.1) is 20.8 Å². The van der Waals surface area contributed by atoms with Crippen molar-refractivity contribution in [1.82, 2.24) is 4.98 Å². The van der Waals surface area contributed by atoms with E-state index in [0.717, 1.165) is 16.6 Å². The SMILES string of the molecule is Cc1nc2ccc(OC(=O)c3ccc(C)c(C)c3)cc2o1. The highest BCUT2D eigenvalue weighted by molar-refractivity contribution is 5.91. The van der Waals surface area contributed by atoms with Crippen LogP contribution < -0.4 is 4.74 Å². The molecule has 0 aliphatic carbocycles. The Morgan fingerprint density at radius 2 is 1.86 bits per heavy atom. The fourth-order valence-corrected chi connectivity index (χ4v) is 2.12. The van der Waals surface area contributed by atoms with Gasteiger partial charge in [0.2, 0.25) is 0 Å². The summed E-state index contributed by atoms with van der Waals surface area (Å²) < 4.78 is 10.8. The fraction of sp³-hybridized carbons (Fsp3) is 0.176. The summed E-state index contributed by atoms with van der Waals surface area (Å²) in [6.45, 7) is 5.75. The number of benzene rings is 2. The van der Waals surface area contributed by atoms with Crippen LogP contribution in [0.2, 0.25) is 0 Å². The van der Waals surface area contributed by atoms with E-state index in [2.05, 4.69) is 4.98 Å². The predicted molar refractivity (Wildman–Crippen MR) is 79.6 cm³/mol. The lowest BCUT2D eigenvalue weighted by molar-refractivity contribution is 0.0735. The highest BCUT2D eigenvalue weighted by atomic mass is 16.5. The molecule has 2 aromatic carbocycles. The van der Waals surface area contributed by atoms with Gasteiger partial charge in [-0.3, -0.25) is 0 Å². The highest BCUT2D eigenvalue weighted by Gasteiger charge is 2.11. The molecule has 0 N–H and O–H groups in total. The number of carbonyl (C=O) groups excluding carboxylic acids is 1. The maximum atomic E-state index is 12.2. The van der Waals surface area contributed by atoms with E-state index in [4.69, 9.17) is 9.15 Å². The number of rotatable bonds is 2. The third kappa shape index (κ3) is 2.65. The van der Waals surface area contributed by atoms with E-state index >= 15 is 0 Å². The van der Waals surface area contributed by atoms with E-state index in [1.54, 1.807) is 31.2 Å².